The minimum absolute atomic E-state index is 0.918. The van der Waals surface area contributed by atoms with Gasteiger partial charge in [0, 0.05) is 65.8 Å². The Labute approximate surface area is 553 Å². The molecule has 20 rings (SSSR count). The van der Waals surface area contributed by atoms with E-state index in [9.17, 15) is 0 Å². The highest BCUT2D eigenvalue weighted by Crippen LogP contribution is 2.48. The fourth-order valence-electron chi connectivity index (χ4n) is 15.1. The first kappa shape index (κ1) is 54.9. The number of hydrogen-bond acceptors (Lipinski definition) is 4. The van der Waals surface area contributed by atoms with Crippen LogP contribution in [0.2, 0.25) is 0 Å². The first-order valence-electron chi connectivity index (χ1n) is 32.9. The summed E-state index contributed by atoms with van der Waals surface area (Å²) in [4.78, 5) is 4.83. The maximum Gasteiger partial charge on any atom is 0.143 e. The third-order valence-electron chi connectivity index (χ3n) is 19.6. The predicted octanol–water partition coefficient (Wildman–Crippen LogP) is 26.7. The first-order chi connectivity index (χ1) is 47.6. The van der Waals surface area contributed by atoms with Crippen molar-refractivity contribution in [3.63, 3.8) is 0 Å². The van der Waals surface area contributed by atoms with Gasteiger partial charge in [0.2, 0.25) is 0 Å². The van der Waals surface area contributed by atoms with Crippen LogP contribution in [0.15, 0.2) is 361 Å². The Morgan fingerprint density at radius 3 is 1.03 bits per heavy atom. The largest absolute Gasteiger partial charge is 0.455 e. The molecule has 0 spiro atoms. The zero-order chi connectivity index (χ0) is 63.2. The molecule has 0 atom stereocenters. The number of nitrogens with zero attached hydrogens (tertiary/aromatic N) is 2. The number of furan rings is 2. The lowest BCUT2D eigenvalue weighted by Gasteiger charge is -2.28. The number of benzene rings is 18. The normalized spacial score (nSPS) is 11.8. The molecule has 0 radical (unpaired) electrons. The molecule has 20 aromatic rings. The minimum atomic E-state index is 0.918. The number of para-hydroxylation sites is 2. The van der Waals surface area contributed by atoms with Crippen LogP contribution in [0.5, 0.6) is 0 Å². The first-order valence-corrected chi connectivity index (χ1v) is 32.9. The summed E-state index contributed by atoms with van der Waals surface area (Å²) in [5.41, 5.74) is 15.2. The van der Waals surface area contributed by atoms with E-state index in [1.807, 2.05) is 12.1 Å². The molecule has 0 saturated heterocycles. The fraction of sp³-hybridized carbons (Fsp3) is 0. The SMILES string of the molecule is c1ccc(-c2ccc(N(c3ccc4c(ccc5ccc6c7ccccc7oc6c54)c3)c3cc4ccccc4c4ccccc34)cc2)cc1.c1ccc(-c2cccc(N(c3ccc4c(ccc5ccc6c7ccccc7oc6c54)c3)c3cc4ccccc4c4ccccc34)c2)cc1. The molecule has 0 amide bonds. The third-order valence-corrected chi connectivity index (χ3v) is 19.6. The fourth-order valence-corrected chi connectivity index (χ4v) is 15.1. The Bertz CT molecular complexity index is 6470. The highest BCUT2D eigenvalue weighted by molar-refractivity contribution is 6.25. The minimum Gasteiger partial charge on any atom is -0.455 e. The van der Waals surface area contributed by atoms with E-state index in [1.54, 1.807) is 0 Å². The van der Waals surface area contributed by atoms with Crippen molar-refractivity contribution in [2.75, 3.05) is 9.80 Å². The summed E-state index contributed by atoms with van der Waals surface area (Å²) in [5, 5.41) is 23.8. The average Bonchev–Trinajstić information content (AvgIpc) is 1.07. The average molecular weight is 1220 g/mol. The molecule has 4 nitrogen and oxygen atoms in total. The van der Waals surface area contributed by atoms with Crippen molar-refractivity contribution in [1.29, 1.82) is 0 Å². The predicted molar refractivity (Wildman–Crippen MR) is 408 cm³/mol. The van der Waals surface area contributed by atoms with Gasteiger partial charge in [0.05, 0.1) is 11.4 Å². The lowest BCUT2D eigenvalue weighted by molar-refractivity contribution is 0.672. The molecule has 4 heteroatoms. The molecule has 448 valence electrons. The van der Waals surface area contributed by atoms with E-state index in [-0.39, 0.29) is 0 Å². The van der Waals surface area contributed by atoms with Crippen molar-refractivity contribution < 1.29 is 8.83 Å². The van der Waals surface area contributed by atoms with Gasteiger partial charge in [-0.3, -0.25) is 0 Å². The number of rotatable bonds is 8. The van der Waals surface area contributed by atoms with Crippen LogP contribution in [-0.2, 0) is 0 Å². The van der Waals surface area contributed by atoms with Gasteiger partial charge in [-0.05, 0) is 172 Å². The molecular formula is C92H58N2O2. The second-order valence-corrected chi connectivity index (χ2v) is 25.0. The van der Waals surface area contributed by atoms with E-state index in [0.717, 1.165) is 88.8 Å². The van der Waals surface area contributed by atoms with Gasteiger partial charge in [0.1, 0.15) is 22.3 Å². The van der Waals surface area contributed by atoms with Crippen molar-refractivity contribution in [3.05, 3.63) is 352 Å². The van der Waals surface area contributed by atoms with Crippen LogP contribution < -0.4 is 9.80 Å². The summed E-state index contributed by atoms with van der Waals surface area (Å²) in [6, 6.07) is 127. The molecule has 18 aromatic carbocycles. The van der Waals surface area contributed by atoms with E-state index in [4.69, 9.17) is 8.83 Å². The van der Waals surface area contributed by atoms with E-state index < -0.39 is 0 Å². The van der Waals surface area contributed by atoms with Gasteiger partial charge < -0.3 is 18.6 Å². The molecule has 0 bridgehead atoms. The van der Waals surface area contributed by atoms with Crippen molar-refractivity contribution in [2.24, 2.45) is 0 Å². The van der Waals surface area contributed by atoms with Crippen molar-refractivity contribution in [1.82, 2.24) is 0 Å². The Hall–Kier alpha value is -12.8. The van der Waals surface area contributed by atoms with Crippen LogP contribution in [0.3, 0.4) is 0 Å². The van der Waals surface area contributed by atoms with Gasteiger partial charge in [-0.2, -0.15) is 0 Å². The quantitative estimate of drug-likeness (QED) is 0.142. The van der Waals surface area contributed by atoms with Crippen molar-refractivity contribution in [3.8, 4) is 22.3 Å². The number of fused-ring (bicyclic) bond motifs is 20. The summed E-state index contributed by atoms with van der Waals surface area (Å²) in [6.45, 7) is 0. The van der Waals surface area contributed by atoms with Crippen LogP contribution in [-0.4, -0.2) is 0 Å². The van der Waals surface area contributed by atoms with Gasteiger partial charge in [-0.1, -0.05) is 267 Å². The third kappa shape index (κ3) is 9.14. The molecule has 0 aliphatic carbocycles. The lowest BCUT2D eigenvalue weighted by Crippen LogP contribution is -2.11. The zero-order valence-corrected chi connectivity index (χ0v) is 52.2. The van der Waals surface area contributed by atoms with Crippen LogP contribution >= 0.6 is 0 Å². The summed E-state index contributed by atoms with van der Waals surface area (Å²) < 4.78 is 13.0. The topological polar surface area (TPSA) is 32.8 Å². The molecule has 2 heterocycles. The van der Waals surface area contributed by atoms with E-state index in [0.29, 0.717) is 0 Å². The molecule has 96 heavy (non-hydrogen) atoms. The molecule has 0 aliphatic rings. The number of hydrogen-bond donors (Lipinski definition) is 0. The summed E-state index contributed by atoms with van der Waals surface area (Å²) in [6.07, 6.45) is 0. The Balaban J connectivity index is 0.000000135. The molecule has 2 aromatic heterocycles. The van der Waals surface area contributed by atoms with Gasteiger partial charge in [-0.25, -0.2) is 0 Å². The van der Waals surface area contributed by atoms with E-state index >= 15 is 0 Å². The second-order valence-electron chi connectivity index (χ2n) is 25.0. The second kappa shape index (κ2) is 22.5. The van der Waals surface area contributed by atoms with Gasteiger partial charge in [-0.15, -0.1) is 0 Å². The standard InChI is InChI=1S/2C46H29NO/c1-2-11-30(12-3-1)32-14-10-15-35(27-32)47(43-29-33-13-4-5-16-37(33)39-17-6-7-18-40(39)43)36-24-26-38-34(28-36)22-21-31-23-25-42-41-19-8-9-20-44(41)48-46(42)45(31)38;1-2-10-30(11-3-1)31-20-23-35(24-21-31)47(43-29-33-12-4-5-13-37(33)39-14-6-7-15-40(39)43)36-25-27-38-34(28-36)19-18-32-22-26-42-41-16-8-9-17-44(41)48-46(42)45(32)38/h2*1-29H. The highest BCUT2D eigenvalue weighted by atomic mass is 16.3. The van der Waals surface area contributed by atoms with Crippen LogP contribution in [0.4, 0.5) is 34.1 Å². The Morgan fingerprint density at radius 2 is 0.521 bits per heavy atom. The maximum absolute atomic E-state index is 6.52. The summed E-state index contributed by atoms with van der Waals surface area (Å²) in [7, 11) is 0. The van der Waals surface area contributed by atoms with Crippen molar-refractivity contribution >= 4 is 164 Å². The van der Waals surface area contributed by atoms with Crippen LogP contribution in [0.1, 0.15) is 0 Å². The Morgan fingerprint density at radius 1 is 0.177 bits per heavy atom. The van der Waals surface area contributed by atoms with Crippen LogP contribution in [0, 0.1) is 0 Å². The Kier molecular flexibility index (Phi) is 12.9. The zero-order valence-electron chi connectivity index (χ0n) is 52.2. The lowest BCUT2D eigenvalue weighted by atomic mass is 9.97. The summed E-state index contributed by atoms with van der Waals surface area (Å²) in [5.74, 6) is 0. The van der Waals surface area contributed by atoms with Gasteiger partial charge in [0.15, 0.2) is 0 Å². The van der Waals surface area contributed by atoms with E-state index in [1.165, 1.54) is 97.7 Å². The van der Waals surface area contributed by atoms with E-state index in [2.05, 4.69) is 350 Å². The smallest absolute Gasteiger partial charge is 0.143 e. The maximum atomic E-state index is 6.52. The van der Waals surface area contributed by atoms with Crippen LogP contribution in [0.25, 0.3) is 152 Å². The molecule has 0 N–H and O–H groups in total. The van der Waals surface area contributed by atoms with Gasteiger partial charge >= 0.3 is 0 Å². The molecule has 0 fully saturated rings. The van der Waals surface area contributed by atoms with Crippen molar-refractivity contribution in [2.45, 2.75) is 0 Å². The highest BCUT2D eigenvalue weighted by Gasteiger charge is 2.23. The molecule has 0 saturated carbocycles. The summed E-state index contributed by atoms with van der Waals surface area (Å²) >= 11 is 0. The van der Waals surface area contributed by atoms with Gasteiger partial charge in [0.25, 0.3) is 0 Å². The molecule has 0 unspecified atom stereocenters. The molecular weight excluding hydrogens is 1170 g/mol. The molecule has 0 aliphatic heterocycles. The number of anilines is 6. The monoisotopic (exact) mass is 1220 g/mol.